The molecule has 12 nitrogen and oxygen atoms in total. The molecule has 3 aromatic heterocycles. The molecule has 0 spiro atoms. The fourth-order valence-electron chi connectivity index (χ4n) is 5.88. The average molecular weight is 734 g/mol. The quantitative estimate of drug-likeness (QED) is 0.104. The first kappa shape index (κ1) is 37.0. The van der Waals surface area contributed by atoms with E-state index in [9.17, 15) is 27.2 Å². The molecule has 0 aliphatic heterocycles. The number of amides is 1. The summed E-state index contributed by atoms with van der Waals surface area (Å²) in [7, 11) is 3.28. The smallest absolute Gasteiger partial charge is 0.315 e. The predicted octanol–water partition coefficient (Wildman–Crippen LogP) is 6.07. The molecule has 2 aliphatic rings. The fourth-order valence-corrected chi connectivity index (χ4v) is 5.88. The Labute approximate surface area is 301 Å². The lowest BCUT2D eigenvalue weighted by molar-refractivity contribution is -0.131. The van der Waals surface area contributed by atoms with Crippen molar-refractivity contribution in [3.8, 4) is 23.0 Å². The molecular weight excluding hydrogens is 698 g/mol. The van der Waals surface area contributed by atoms with Crippen LogP contribution < -0.4 is 14.8 Å². The van der Waals surface area contributed by atoms with Crippen LogP contribution in [0.15, 0.2) is 77.7 Å². The zero-order valence-corrected chi connectivity index (χ0v) is 28.8. The molecule has 16 heteroatoms. The minimum Gasteiger partial charge on any atom is -0.497 e. The van der Waals surface area contributed by atoms with Gasteiger partial charge in [-0.3, -0.25) is 9.59 Å². The van der Waals surface area contributed by atoms with Crippen LogP contribution in [0.3, 0.4) is 0 Å². The average Bonchev–Trinajstić information content (AvgIpc) is 4.10. The number of hydrogen-bond acceptors (Lipinski definition) is 11. The van der Waals surface area contributed by atoms with Crippen molar-refractivity contribution >= 4 is 11.7 Å². The third-order valence-corrected chi connectivity index (χ3v) is 9.29. The molecule has 2 aromatic carbocycles. The normalized spacial score (nSPS) is 14.9. The highest BCUT2D eigenvalue weighted by Gasteiger charge is 2.46. The van der Waals surface area contributed by atoms with Gasteiger partial charge in [0, 0.05) is 48.5 Å². The minimum absolute atomic E-state index is 0.0132. The Kier molecular flexibility index (Phi) is 11.0. The maximum Gasteiger partial charge on any atom is 0.315 e. The first-order chi connectivity index (χ1) is 25.5. The summed E-state index contributed by atoms with van der Waals surface area (Å²) >= 11 is 0. The van der Waals surface area contributed by atoms with Crippen molar-refractivity contribution in [3.05, 3.63) is 108 Å². The second kappa shape index (κ2) is 15.8. The van der Waals surface area contributed by atoms with Crippen LogP contribution in [-0.2, 0) is 28.5 Å². The molecule has 53 heavy (non-hydrogen) atoms. The number of rotatable bonds is 14. The monoisotopic (exact) mass is 733 g/mol. The van der Waals surface area contributed by atoms with Gasteiger partial charge in [0.15, 0.2) is 5.78 Å². The maximum atomic E-state index is 12.5. The van der Waals surface area contributed by atoms with Crippen molar-refractivity contribution in [2.45, 2.75) is 62.2 Å². The van der Waals surface area contributed by atoms with Gasteiger partial charge in [0.05, 0.1) is 31.9 Å². The molecule has 2 aliphatic carbocycles. The number of aromatic nitrogens is 6. The van der Waals surface area contributed by atoms with E-state index >= 15 is 0 Å². The van der Waals surface area contributed by atoms with E-state index in [1.165, 1.54) is 35.9 Å². The largest absolute Gasteiger partial charge is 0.497 e. The highest BCUT2D eigenvalue weighted by Crippen LogP contribution is 2.51. The molecule has 276 valence electrons. The number of hydrogen-bond donors (Lipinski definition) is 1. The lowest BCUT2D eigenvalue weighted by Crippen LogP contribution is -2.34. The van der Waals surface area contributed by atoms with Gasteiger partial charge in [0.2, 0.25) is 0 Å². The molecule has 7 rings (SSSR count). The van der Waals surface area contributed by atoms with Gasteiger partial charge in [-0.15, -0.1) is 10.2 Å². The van der Waals surface area contributed by atoms with Gasteiger partial charge < -0.3 is 19.2 Å². The number of nitrogens with zero attached hydrogens (tertiary/aromatic N) is 6. The van der Waals surface area contributed by atoms with Crippen molar-refractivity contribution in [3.63, 3.8) is 0 Å². The van der Waals surface area contributed by atoms with Crippen LogP contribution in [0.2, 0.25) is 0 Å². The summed E-state index contributed by atoms with van der Waals surface area (Å²) in [5.41, 5.74) is 2.97. The Morgan fingerprint density at radius 2 is 1.28 bits per heavy atom. The number of nitrogens with one attached hydrogen (secondary N) is 1. The molecule has 1 amide bonds. The molecule has 0 unspecified atom stereocenters. The zero-order chi connectivity index (χ0) is 37.6. The number of ketones is 1. The molecule has 0 atom stereocenters. The van der Waals surface area contributed by atoms with E-state index in [1.807, 2.05) is 41.7 Å². The van der Waals surface area contributed by atoms with Crippen LogP contribution in [0.5, 0.6) is 11.5 Å². The molecular formula is C37H35F4N7O5. The Bertz CT molecular complexity index is 2040. The molecule has 0 bridgehead atoms. The minimum atomic E-state index is -3.15. The number of Topliss-reactive ketones (excluding diaryl/α,β-unsaturated/α-hetero) is 1. The molecule has 5 aromatic rings. The van der Waals surface area contributed by atoms with Gasteiger partial charge in [0.1, 0.15) is 23.1 Å². The number of benzene rings is 2. The van der Waals surface area contributed by atoms with Crippen molar-refractivity contribution < 1.29 is 41.0 Å². The van der Waals surface area contributed by atoms with E-state index in [4.69, 9.17) is 13.9 Å². The summed E-state index contributed by atoms with van der Waals surface area (Å²) in [5.74, 6) is 0.188. The van der Waals surface area contributed by atoms with Gasteiger partial charge in [-0.2, -0.15) is 17.6 Å². The van der Waals surface area contributed by atoms with Crippen LogP contribution in [0.4, 0.5) is 17.6 Å². The summed E-state index contributed by atoms with van der Waals surface area (Å²) in [4.78, 5) is 39.9. The van der Waals surface area contributed by atoms with Gasteiger partial charge in [0.25, 0.3) is 17.7 Å². The van der Waals surface area contributed by atoms with E-state index in [1.54, 1.807) is 14.2 Å². The first-order valence-electron chi connectivity index (χ1n) is 16.6. The SMILES string of the molecule is COc1cccc(C2(Cc3ncc(-c4nnc(C(F)F)o4)cn3)CC2)c1.COc1cccc(C2(Cc3ncc(C(=O)CNC(=O)C(F)F)cn3)CC2)c1. The van der Waals surface area contributed by atoms with Crippen LogP contribution in [0, 0.1) is 0 Å². The zero-order valence-electron chi connectivity index (χ0n) is 28.8. The molecule has 1 N–H and O–H groups in total. The van der Waals surface area contributed by atoms with E-state index in [0.29, 0.717) is 30.1 Å². The lowest BCUT2D eigenvalue weighted by atomic mass is 9.92. The van der Waals surface area contributed by atoms with Gasteiger partial charge in [-0.1, -0.05) is 24.3 Å². The van der Waals surface area contributed by atoms with E-state index in [2.05, 4.69) is 42.3 Å². The molecule has 2 fully saturated rings. The summed E-state index contributed by atoms with van der Waals surface area (Å²) in [6, 6.07) is 15.9. The third-order valence-electron chi connectivity index (χ3n) is 9.29. The summed E-state index contributed by atoms with van der Waals surface area (Å²) in [5, 5.41) is 8.78. The highest BCUT2D eigenvalue weighted by molar-refractivity contribution is 5.99. The molecule has 3 heterocycles. The van der Waals surface area contributed by atoms with Crippen LogP contribution in [-0.4, -0.2) is 69.0 Å². The second-order valence-electron chi connectivity index (χ2n) is 12.8. The maximum absolute atomic E-state index is 12.5. The van der Waals surface area contributed by atoms with E-state index in [0.717, 1.165) is 37.2 Å². The Morgan fingerprint density at radius 3 is 1.72 bits per heavy atom. The Balaban J connectivity index is 0.000000181. The summed E-state index contributed by atoms with van der Waals surface area (Å²) < 4.78 is 64.8. The number of carbonyl (C=O) groups excluding carboxylic acids is 2. The Morgan fingerprint density at radius 1 is 0.774 bits per heavy atom. The van der Waals surface area contributed by atoms with E-state index < -0.39 is 37.0 Å². The van der Waals surface area contributed by atoms with Crippen molar-refractivity contribution in [1.29, 1.82) is 0 Å². The number of halogens is 4. The number of methoxy groups -OCH3 is 2. The van der Waals surface area contributed by atoms with Crippen LogP contribution in [0.1, 0.15) is 71.1 Å². The number of alkyl halides is 4. The fraction of sp³-hybridized carbons (Fsp3) is 0.351. The first-order valence-corrected chi connectivity index (χ1v) is 16.6. The van der Waals surface area contributed by atoms with Gasteiger partial charge in [-0.05, 0) is 61.1 Å². The third kappa shape index (κ3) is 8.99. The summed E-state index contributed by atoms with van der Waals surface area (Å²) in [6.07, 6.45) is 5.31. The number of carbonyl (C=O) groups is 2. The molecule has 0 radical (unpaired) electrons. The number of ether oxygens (including phenoxy) is 2. The van der Waals surface area contributed by atoms with Gasteiger partial charge in [-0.25, -0.2) is 19.9 Å². The van der Waals surface area contributed by atoms with Gasteiger partial charge >= 0.3 is 12.9 Å². The summed E-state index contributed by atoms with van der Waals surface area (Å²) in [6.45, 7) is -0.514. The predicted molar refractivity (Wildman–Crippen MR) is 181 cm³/mol. The Hall–Kier alpha value is -5.80. The lowest BCUT2D eigenvalue weighted by Gasteiger charge is -2.15. The van der Waals surface area contributed by atoms with E-state index in [-0.39, 0.29) is 22.3 Å². The van der Waals surface area contributed by atoms with Crippen molar-refractivity contribution in [1.82, 2.24) is 35.5 Å². The second-order valence-corrected chi connectivity index (χ2v) is 12.8. The standard InChI is InChI=1S/C19H19F2N3O3.C18H16F2N4O2/c1-27-14-4-2-3-13(7-14)19(5-6-19)8-16-22-9-12(10-23-16)15(25)11-24-18(26)17(20)21;1-25-13-4-2-3-12(7-13)18(5-6-18)8-14-21-9-11(10-22-14)16-23-24-17(26-16)15(19)20/h2-4,7,9-10,17H,5-6,8,11H2,1H3,(H,24,26);2-4,7,9-10,15H,5-6,8H2,1H3. The van der Waals surface area contributed by atoms with Crippen molar-refractivity contribution in [2.24, 2.45) is 0 Å². The van der Waals surface area contributed by atoms with Crippen LogP contribution in [0.25, 0.3) is 11.5 Å². The molecule has 0 saturated heterocycles. The van der Waals surface area contributed by atoms with Crippen LogP contribution >= 0.6 is 0 Å². The highest BCUT2D eigenvalue weighted by atomic mass is 19.3. The molecule has 2 saturated carbocycles. The van der Waals surface area contributed by atoms with Crippen molar-refractivity contribution in [2.75, 3.05) is 20.8 Å². The topological polar surface area (TPSA) is 155 Å².